The van der Waals surface area contributed by atoms with Crippen molar-refractivity contribution in [3.8, 4) is 0 Å². The Labute approximate surface area is 184 Å². The maximum atomic E-state index is 12.8. The molecular weight excluding hydrogens is 406 g/mol. The molecule has 1 fully saturated rings. The Hall–Kier alpha value is -3.87. The van der Waals surface area contributed by atoms with E-state index in [2.05, 4.69) is 10.3 Å². The van der Waals surface area contributed by atoms with Gasteiger partial charge >= 0.3 is 0 Å². The quantitative estimate of drug-likeness (QED) is 0.499. The van der Waals surface area contributed by atoms with Crippen LogP contribution >= 0.6 is 0 Å². The van der Waals surface area contributed by atoms with Crippen molar-refractivity contribution in [3.63, 3.8) is 0 Å². The number of aromatic nitrogens is 1. The molecule has 1 unspecified atom stereocenters. The minimum absolute atomic E-state index is 0.0410. The molecule has 3 amide bonds. The summed E-state index contributed by atoms with van der Waals surface area (Å²) in [4.78, 5) is 54.9. The maximum absolute atomic E-state index is 12.8. The molecule has 5 rings (SSSR count). The van der Waals surface area contributed by atoms with E-state index in [0.29, 0.717) is 36.9 Å². The summed E-state index contributed by atoms with van der Waals surface area (Å²) in [6.45, 7) is 0.332. The van der Waals surface area contributed by atoms with E-state index in [1.165, 1.54) is 4.90 Å². The number of piperidine rings is 1. The zero-order valence-electron chi connectivity index (χ0n) is 17.3. The molecule has 2 aromatic carbocycles. The first-order valence-corrected chi connectivity index (χ1v) is 10.6. The number of Topliss-reactive ketones (excluding diaryl/α,β-unsaturated/α-hetero) is 1. The number of rotatable bonds is 5. The molecule has 7 heteroatoms. The highest BCUT2D eigenvalue weighted by atomic mass is 16.2. The average Bonchev–Trinajstić information content (AvgIpc) is 3.12. The number of imide groups is 1. The van der Waals surface area contributed by atoms with Crippen LogP contribution in [0, 0.1) is 0 Å². The van der Waals surface area contributed by atoms with Gasteiger partial charge in [-0.1, -0.05) is 30.3 Å². The number of ketones is 1. The van der Waals surface area contributed by atoms with Gasteiger partial charge < -0.3 is 4.90 Å². The highest BCUT2D eigenvalue weighted by Gasteiger charge is 2.39. The van der Waals surface area contributed by atoms with Gasteiger partial charge in [-0.3, -0.25) is 29.5 Å². The van der Waals surface area contributed by atoms with Gasteiger partial charge in [-0.2, -0.15) is 0 Å². The van der Waals surface area contributed by atoms with Crippen LogP contribution in [0.1, 0.15) is 51.1 Å². The summed E-state index contributed by atoms with van der Waals surface area (Å²) in [5.41, 5.74) is 3.82. The van der Waals surface area contributed by atoms with E-state index in [0.717, 1.165) is 22.0 Å². The number of benzene rings is 2. The highest BCUT2D eigenvalue weighted by Crippen LogP contribution is 2.28. The third-order valence-corrected chi connectivity index (χ3v) is 6.16. The topological polar surface area (TPSA) is 96.4 Å². The molecule has 0 bridgehead atoms. The molecule has 0 spiro atoms. The van der Waals surface area contributed by atoms with Crippen LogP contribution in [0.15, 0.2) is 54.7 Å². The molecule has 2 aliphatic heterocycles. The number of carbonyl (C=O) groups excluding carboxylic acids is 4. The summed E-state index contributed by atoms with van der Waals surface area (Å²) in [5.74, 6) is -0.872. The lowest BCUT2D eigenvalue weighted by Crippen LogP contribution is -2.52. The minimum atomic E-state index is -0.626. The Bertz CT molecular complexity index is 1280. The molecule has 2 aliphatic rings. The second kappa shape index (κ2) is 8.00. The predicted molar refractivity (Wildman–Crippen MR) is 117 cm³/mol. The molecule has 1 N–H and O–H groups in total. The maximum Gasteiger partial charge on any atom is 0.255 e. The van der Waals surface area contributed by atoms with Gasteiger partial charge in [0.05, 0.1) is 5.52 Å². The Balaban J connectivity index is 1.27. The number of nitrogens with one attached hydrogen (secondary N) is 1. The molecule has 1 aromatic heterocycles. The standard InChI is InChI=1S/C25H21N3O4/c29-22(17-6-5-16-2-1-11-26-20(16)13-17)9-4-15-3-7-19-18(12-15)14-28(25(19)32)21-8-10-23(30)27-24(21)31/h1-3,5-7,11-13,21H,4,8-10,14H2,(H,27,30,31). The molecule has 32 heavy (non-hydrogen) atoms. The van der Waals surface area contributed by atoms with Gasteiger partial charge in [-0.05, 0) is 42.2 Å². The largest absolute Gasteiger partial charge is 0.322 e. The lowest BCUT2D eigenvalue weighted by Gasteiger charge is -2.29. The summed E-state index contributed by atoms with van der Waals surface area (Å²) in [5, 5.41) is 3.30. The van der Waals surface area contributed by atoms with Crippen molar-refractivity contribution in [2.24, 2.45) is 0 Å². The van der Waals surface area contributed by atoms with Crippen molar-refractivity contribution in [1.82, 2.24) is 15.2 Å². The van der Waals surface area contributed by atoms with Crippen LogP contribution in [-0.4, -0.2) is 39.4 Å². The number of pyridine rings is 1. The van der Waals surface area contributed by atoms with Crippen molar-refractivity contribution in [2.75, 3.05) is 0 Å². The molecule has 1 atom stereocenters. The Kier molecular flexibility index (Phi) is 5.01. The van der Waals surface area contributed by atoms with Crippen LogP contribution in [0.5, 0.6) is 0 Å². The monoisotopic (exact) mass is 427 g/mol. The molecule has 160 valence electrons. The fourth-order valence-corrected chi connectivity index (χ4v) is 4.43. The van der Waals surface area contributed by atoms with Gasteiger partial charge in [-0.15, -0.1) is 0 Å². The van der Waals surface area contributed by atoms with E-state index in [1.54, 1.807) is 12.3 Å². The molecule has 3 aromatic rings. The Morgan fingerprint density at radius 2 is 1.97 bits per heavy atom. The van der Waals surface area contributed by atoms with Gasteiger partial charge in [-0.25, -0.2) is 0 Å². The van der Waals surface area contributed by atoms with Crippen LogP contribution in [0.3, 0.4) is 0 Å². The van der Waals surface area contributed by atoms with Gasteiger partial charge in [0.2, 0.25) is 11.8 Å². The summed E-state index contributed by atoms with van der Waals surface area (Å²) in [7, 11) is 0. The first-order chi connectivity index (χ1) is 15.5. The first kappa shape index (κ1) is 20.1. The van der Waals surface area contributed by atoms with Crippen LogP contribution in [-0.2, 0) is 22.6 Å². The fraction of sp³-hybridized carbons (Fsp3) is 0.240. The second-order valence-electron chi connectivity index (χ2n) is 8.23. The summed E-state index contributed by atoms with van der Waals surface area (Å²) >= 11 is 0. The third-order valence-electron chi connectivity index (χ3n) is 6.16. The number of fused-ring (bicyclic) bond motifs is 2. The molecule has 3 heterocycles. The zero-order valence-corrected chi connectivity index (χ0v) is 17.3. The van der Waals surface area contributed by atoms with Crippen LogP contribution in [0.25, 0.3) is 10.9 Å². The van der Waals surface area contributed by atoms with E-state index in [4.69, 9.17) is 0 Å². The third kappa shape index (κ3) is 3.66. The van der Waals surface area contributed by atoms with Crippen LogP contribution in [0.2, 0.25) is 0 Å². The fourth-order valence-electron chi connectivity index (χ4n) is 4.43. The zero-order chi connectivity index (χ0) is 22.2. The van der Waals surface area contributed by atoms with Crippen molar-refractivity contribution < 1.29 is 19.2 Å². The normalized spacial score (nSPS) is 18.1. The molecule has 0 saturated carbocycles. The molecule has 1 saturated heterocycles. The van der Waals surface area contributed by atoms with Gasteiger partial charge in [0.25, 0.3) is 5.91 Å². The Morgan fingerprint density at radius 3 is 2.81 bits per heavy atom. The molecule has 0 radical (unpaired) electrons. The van der Waals surface area contributed by atoms with E-state index in [9.17, 15) is 19.2 Å². The molecule has 0 aliphatic carbocycles. The SMILES string of the molecule is O=C1CCC(N2Cc3cc(CCC(=O)c4ccc5cccnc5c4)ccc3C2=O)C(=O)N1. The summed E-state index contributed by atoms with van der Waals surface area (Å²) in [6, 6.07) is 14.3. The number of hydrogen-bond donors (Lipinski definition) is 1. The van der Waals surface area contributed by atoms with Crippen molar-refractivity contribution in [2.45, 2.75) is 38.3 Å². The van der Waals surface area contributed by atoms with Crippen molar-refractivity contribution in [1.29, 1.82) is 0 Å². The van der Waals surface area contributed by atoms with E-state index in [1.807, 2.05) is 42.5 Å². The summed E-state index contributed by atoms with van der Waals surface area (Å²) in [6.07, 6.45) is 3.18. The molecular formula is C25H21N3O4. The van der Waals surface area contributed by atoms with Crippen molar-refractivity contribution in [3.05, 3.63) is 77.0 Å². The van der Waals surface area contributed by atoms with Crippen LogP contribution in [0.4, 0.5) is 0 Å². The van der Waals surface area contributed by atoms with E-state index in [-0.39, 0.29) is 24.0 Å². The lowest BCUT2D eigenvalue weighted by atomic mass is 9.99. The second-order valence-corrected chi connectivity index (χ2v) is 8.23. The number of nitrogens with zero attached hydrogens (tertiary/aromatic N) is 2. The molecule has 7 nitrogen and oxygen atoms in total. The minimum Gasteiger partial charge on any atom is -0.322 e. The highest BCUT2D eigenvalue weighted by molar-refractivity contribution is 6.05. The first-order valence-electron chi connectivity index (χ1n) is 10.6. The predicted octanol–water partition coefficient (Wildman–Crippen LogP) is 2.81. The van der Waals surface area contributed by atoms with Gasteiger partial charge in [0.15, 0.2) is 5.78 Å². The Morgan fingerprint density at radius 1 is 1.09 bits per heavy atom. The van der Waals surface area contributed by atoms with Gasteiger partial charge in [0, 0.05) is 42.1 Å². The van der Waals surface area contributed by atoms with Crippen LogP contribution < -0.4 is 5.32 Å². The average molecular weight is 427 g/mol. The van der Waals surface area contributed by atoms with Crippen molar-refractivity contribution >= 4 is 34.4 Å². The number of carbonyl (C=O) groups is 4. The number of amides is 3. The number of aryl methyl sites for hydroxylation is 1. The van der Waals surface area contributed by atoms with E-state index < -0.39 is 11.9 Å². The summed E-state index contributed by atoms with van der Waals surface area (Å²) < 4.78 is 0. The van der Waals surface area contributed by atoms with E-state index >= 15 is 0 Å². The van der Waals surface area contributed by atoms with Gasteiger partial charge in [0.1, 0.15) is 6.04 Å². The smallest absolute Gasteiger partial charge is 0.255 e. The lowest BCUT2D eigenvalue weighted by molar-refractivity contribution is -0.136. The number of hydrogen-bond acceptors (Lipinski definition) is 5.